The molecular formula is C17H23FN2O2. The minimum Gasteiger partial charge on any atom is -0.352 e. The van der Waals surface area contributed by atoms with E-state index in [1.807, 2.05) is 20.8 Å². The zero-order valence-electron chi connectivity index (χ0n) is 13.4. The fraction of sp³-hybridized carbons (Fsp3) is 0.529. The third-order valence-electron chi connectivity index (χ3n) is 4.10. The molecule has 120 valence electrons. The topological polar surface area (TPSA) is 49.4 Å². The normalized spacial score (nSPS) is 17.7. The lowest BCUT2D eigenvalue weighted by atomic mass is 10.0. The molecule has 4 nitrogen and oxygen atoms in total. The van der Waals surface area contributed by atoms with Crippen molar-refractivity contribution in [2.24, 2.45) is 0 Å². The Labute approximate surface area is 130 Å². The Morgan fingerprint density at radius 2 is 2.18 bits per heavy atom. The Balaban J connectivity index is 2.06. The average Bonchev–Trinajstić information content (AvgIpc) is 2.85. The molecule has 0 radical (unpaired) electrons. The van der Waals surface area contributed by atoms with E-state index in [0.29, 0.717) is 18.5 Å². The molecule has 1 saturated heterocycles. The highest BCUT2D eigenvalue weighted by Gasteiger charge is 2.26. The van der Waals surface area contributed by atoms with Gasteiger partial charge in [-0.25, -0.2) is 4.39 Å². The molecule has 5 heteroatoms. The molecule has 22 heavy (non-hydrogen) atoms. The number of nitrogens with zero attached hydrogens (tertiary/aromatic N) is 1. The molecule has 0 aromatic heterocycles. The summed E-state index contributed by atoms with van der Waals surface area (Å²) < 4.78 is 13.4. The van der Waals surface area contributed by atoms with Gasteiger partial charge in [0.1, 0.15) is 5.82 Å². The van der Waals surface area contributed by atoms with Gasteiger partial charge in [0.2, 0.25) is 11.8 Å². The number of aryl methyl sites for hydroxylation is 1. The van der Waals surface area contributed by atoms with Crippen molar-refractivity contribution in [2.45, 2.75) is 52.1 Å². The number of halogens is 1. The summed E-state index contributed by atoms with van der Waals surface area (Å²) in [6, 6.07) is 4.57. The first kappa shape index (κ1) is 16.5. The van der Waals surface area contributed by atoms with Crippen molar-refractivity contribution >= 4 is 11.8 Å². The van der Waals surface area contributed by atoms with Crippen LogP contribution in [0.5, 0.6) is 0 Å². The Kier molecular flexibility index (Phi) is 5.16. The van der Waals surface area contributed by atoms with E-state index in [1.54, 1.807) is 11.0 Å². The van der Waals surface area contributed by atoms with Crippen LogP contribution in [0, 0.1) is 12.7 Å². The molecule has 2 amide bonds. The zero-order chi connectivity index (χ0) is 16.3. The van der Waals surface area contributed by atoms with E-state index in [0.717, 1.165) is 12.0 Å². The van der Waals surface area contributed by atoms with Crippen LogP contribution >= 0.6 is 0 Å². The Morgan fingerprint density at radius 3 is 2.77 bits per heavy atom. The smallest absolute Gasteiger partial charge is 0.227 e. The highest BCUT2D eigenvalue weighted by molar-refractivity contribution is 5.80. The summed E-state index contributed by atoms with van der Waals surface area (Å²) in [5.41, 5.74) is 1.62. The van der Waals surface area contributed by atoms with Crippen LogP contribution < -0.4 is 5.32 Å². The van der Waals surface area contributed by atoms with E-state index < -0.39 is 0 Å². The molecule has 2 rings (SSSR count). The van der Waals surface area contributed by atoms with Gasteiger partial charge in [0.15, 0.2) is 0 Å². The number of rotatable bonds is 5. The summed E-state index contributed by atoms with van der Waals surface area (Å²) in [5.74, 6) is -0.320. The highest BCUT2D eigenvalue weighted by Crippen LogP contribution is 2.15. The van der Waals surface area contributed by atoms with Gasteiger partial charge in [0, 0.05) is 25.0 Å². The molecule has 1 aromatic carbocycles. The first-order chi connectivity index (χ1) is 10.4. The van der Waals surface area contributed by atoms with Gasteiger partial charge in [-0.1, -0.05) is 6.07 Å². The zero-order valence-corrected chi connectivity index (χ0v) is 13.4. The molecule has 0 spiro atoms. The van der Waals surface area contributed by atoms with Crippen molar-refractivity contribution in [1.82, 2.24) is 10.2 Å². The van der Waals surface area contributed by atoms with Crippen LogP contribution in [0.3, 0.4) is 0 Å². The summed E-state index contributed by atoms with van der Waals surface area (Å²) >= 11 is 0. The first-order valence-corrected chi connectivity index (χ1v) is 7.70. The number of hydrogen-bond acceptors (Lipinski definition) is 2. The lowest BCUT2D eigenvalue weighted by molar-refractivity contribution is -0.132. The van der Waals surface area contributed by atoms with Crippen molar-refractivity contribution < 1.29 is 14.0 Å². The molecular weight excluding hydrogens is 283 g/mol. The van der Waals surface area contributed by atoms with Crippen molar-refractivity contribution in [3.05, 3.63) is 35.1 Å². The fourth-order valence-corrected chi connectivity index (χ4v) is 2.75. The maximum absolute atomic E-state index is 13.4. The van der Waals surface area contributed by atoms with Gasteiger partial charge >= 0.3 is 0 Å². The molecule has 0 saturated carbocycles. The lowest BCUT2D eigenvalue weighted by Gasteiger charge is -2.29. The maximum Gasteiger partial charge on any atom is 0.227 e. The minimum atomic E-state index is -0.326. The standard InChI is InChI=1S/C17H23FN2O2/c1-11(2)20(10-15-6-7-16(21)19-15)17(22)9-13-8-14(18)5-4-12(13)3/h4-5,8,11,15H,6-7,9-10H2,1-3H3,(H,19,21)/t15-/m1/s1. The molecule has 1 aliphatic rings. The monoisotopic (exact) mass is 306 g/mol. The predicted molar refractivity (Wildman–Crippen MR) is 82.9 cm³/mol. The van der Waals surface area contributed by atoms with E-state index in [1.165, 1.54) is 12.1 Å². The molecule has 1 N–H and O–H groups in total. The number of amides is 2. The molecule has 0 aliphatic carbocycles. The van der Waals surface area contributed by atoms with Crippen LogP contribution in [0.2, 0.25) is 0 Å². The Hall–Kier alpha value is -1.91. The second kappa shape index (κ2) is 6.90. The minimum absolute atomic E-state index is 0.0208. The quantitative estimate of drug-likeness (QED) is 0.906. The summed E-state index contributed by atoms with van der Waals surface area (Å²) in [7, 11) is 0. The fourth-order valence-electron chi connectivity index (χ4n) is 2.75. The van der Waals surface area contributed by atoms with Crippen LogP contribution in [0.4, 0.5) is 4.39 Å². The maximum atomic E-state index is 13.4. The van der Waals surface area contributed by atoms with E-state index >= 15 is 0 Å². The van der Waals surface area contributed by atoms with Crippen LogP contribution in [-0.4, -0.2) is 35.3 Å². The summed E-state index contributed by atoms with van der Waals surface area (Å²) in [6.45, 7) is 6.29. The molecule has 0 bridgehead atoms. The molecule has 1 heterocycles. The SMILES string of the molecule is Cc1ccc(F)cc1CC(=O)N(C[C@H]1CCC(=O)N1)C(C)C. The molecule has 1 aromatic rings. The number of carbonyl (C=O) groups excluding carboxylic acids is 2. The third-order valence-corrected chi connectivity index (χ3v) is 4.10. The van der Waals surface area contributed by atoms with Crippen LogP contribution in [0.15, 0.2) is 18.2 Å². The number of benzene rings is 1. The first-order valence-electron chi connectivity index (χ1n) is 7.70. The van der Waals surface area contributed by atoms with Crippen molar-refractivity contribution in [2.75, 3.05) is 6.54 Å². The Bertz CT molecular complexity index is 572. The predicted octanol–water partition coefficient (Wildman–Crippen LogP) is 2.19. The molecule has 1 fully saturated rings. The van der Waals surface area contributed by atoms with Gasteiger partial charge in [-0.2, -0.15) is 0 Å². The van der Waals surface area contributed by atoms with Gasteiger partial charge in [-0.05, 0) is 50.5 Å². The number of carbonyl (C=O) groups is 2. The summed E-state index contributed by atoms with van der Waals surface area (Å²) in [4.78, 5) is 25.6. The van der Waals surface area contributed by atoms with Gasteiger partial charge < -0.3 is 10.2 Å². The summed E-state index contributed by atoms with van der Waals surface area (Å²) in [5, 5.41) is 2.89. The van der Waals surface area contributed by atoms with E-state index in [2.05, 4.69) is 5.32 Å². The van der Waals surface area contributed by atoms with E-state index in [-0.39, 0.29) is 36.1 Å². The van der Waals surface area contributed by atoms with Crippen molar-refractivity contribution in [3.8, 4) is 0 Å². The molecule has 1 atom stereocenters. The molecule has 1 aliphatic heterocycles. The van der Waals surface area contributed by atoms with E-state index in [9.17, 15) is 14.0 Å². The van der Waals surface area contributed by atoms with Crippen LogP contribution in [0.1, 0.15) is 37.8 Å². The van der Waals surface area contributed by atoms with Crippen LogP contribution in [-0.2, 0) is 16.0 Å². The average molecular weight is 306 g/mol. The van der Waals surface area contributed by atoms with E-state index in [4.69, 9.17) is 0 Å². The summed E-state index contributed by atoms with van der Waals surface area (Å²) in [6.07, 6.45) is 1.46. The number of nitrogens with one attached hydrogen (secondary N) is 1. The number of hydrogen-bond donors (Lipinski definition) is 1. The van der Waals surface area contributed by atoms with Crippen LogP contribution in [0.25, 0.3) is 0 Å². The Morgan fingerprint density at radius 1 is 1.45 bits per heavy atom. The highest BCUT2D eigenvalue weighted by atomic mass is 19.1. The van der Waals surface area contributed by atoms with Crippen molar-refractivity contribution in [3.63, 3.8) is 0 Å². The van der Waals surface area contributed by atoms with Crippen molar-refractivity contribution in [1.29, 1.82) is 0 Å². The second-order valence-corrected chi connectivity index (χ2v) is 6.19. The van der Waals surface area contributed by atoms with Gasteiger partial charge in [0.25, 0.3) is 0 Å². The molecule has 0 unspecified atom stereocenters. The lowest BCUT2D eigenvalue weighted by Crippen LogP contribution is -2.46. The van der Waals surface area contributed by atoms with Gasteiger partial charge in [-0.3, -0.25) is 9.59 Å². The largest absolute Gasteiger partial charge is 0.352 e. The van der Waals surface area contributed by atoms with Gasteiger partial charge in [-0.15, -0.1) is 0 Å². The third kappa shape index (κ3) is 4.06. The second-order valence-electron chi connectivity index (χ2n) is 6.19. The van der Waals surface area contributed by atoms with Gasteiger partial charge in [0.05, 0.1) is 6.42 Å².